The van der Waals surface area contributed by atoms with Gasteiger partial charge in [0, 0.05) is 5.69 Å². The van der Waals surface area contributed by atoms with Gasteiger partial charge in [-0.1, -0.05) is 17.7 Å². The summed E-state index contributed by atoms with van der Waals surface area (Å²) in [4.78, 5) is 24.1. The Balaban J connectivity index is 1.86. The predicted molar refractivity (Wildman–Crippen MR) is 103 cm³/mol. The molecule has 0 heterocycles. The van der Waals surface area contributed by atoms with Gasteiger partial charge in [0.25, 0.3) is 5.91 Å². The zero-order valence-electron chi connectivity index (χ0n) is 15.5. The fourth-order valence-electron chi connectivity index (χ4n) is 2.26. The van der Waals surface area contributed by atoms with Crippen LogP contribution in [0.3, 0.4) is 0 Å². The molecule has 0 unspecified atom stereocenters. The Kier molecular flexibility index (Phi) is 6.90. The van der Waals surface area contributed by atoms with E-state index in [1.54, 1.807) is 36.4 Å². The van der Waals surface area contributed by atoms with E-state index in [4.69, 9.17) is 10.00 Å². The lowest BCUT2D eigenvalue weighted by atomic mass is 10.2. The molecular formula is C20H20N2O5S. The maximum absolute atomic E-state index is 12.3. The fraction of sp³-hybridized carbons (Fsp3) is 0.250. The van der Waals surface area contributed by atoms with Crippen LogP contribution >= 0.6 is 0 Å². The van der Waals surface area contributed by atoms with E-state index < -0.39 is 33.6 Å². The lowest BCUT2D eigenvalue weighted by Crippen LogP contribution is -2.30. The van der Waals surface area contributed by atoms with Crippen molar-refractivity contribution in [3.8, 4) is 6.07 Å². The summed E-state index contributed by atoms with van der Waals surface area (Å²) in [6.07, 6.45) is -1.45. The van der Waals surface area contributed by atoms with E-state index in [9.17, 15) is 18.0 Å². The van der Waals surface area contributed by atoms with Crippen LogP contribution in [0.25, 0.3) is 0 Å². The van der Waals surface area contributed by atoms with Crippen molar-refractivity contribution in [3.05, 3.63) is 59.7 Å². The van der Waals surface area contributed by atoms with Crippen molar-refractivity contribution >= 4 is 27.4 Å². The number of sulfone groups is 1. The van der Waals surface area contributed by atoms with Crippen molar-refractivity contribution in [3.63, 3.8) is 0 Å². The second-order valence-electron chi connectivity index (χ2n) is 6.19. The van der Waals surface area contributed by atoms with Gasteiger partial charge in [0.15, 0.2) is 15.9 Å². The summed E-state index contributed by atoms with van der Waals surface area (Å²) >= 11 is 0. The highest BCUT2D eigenvalue weighted by Crippen LogP contribution is 2.14. The highest BCUT2D eigenvalue weighted by atomic mass is 32.2. The molecule has 7 nitrogen and oxygen atoms in total. The summed E-state index contributed by atoms with van der Waals surface area (Å²) in [5.74, 6) is -1.74. The average Bonchev–Trinajstić information content (AvgIpc) is 2.67. The van der Waals surface area contributed by atoms with Crippen LogP contribution in [0.2, 0.25) is 0 Å². The maximum Gasteiger partial charge on any atom is 0.307 e. The number of anilines is 1. The van der Waals surface area contributed by atoms with Gasteiger partial charge in [-0.3, -0.25) is 9.59 Å². The molecule has 0 bridgehead atoms. The van der Waals surface area contributed by atoms with Crippen LogP contribution in [0.4, 0.5) is 5.69 Å². The number of hydrogen-bond donors (Lipinski definition) is 1. The number of benzene rings is 2. The van der Waals surface area contributed by atoms with E-state index in [1.165, 1.54) is 19.1 Å². The molecule has 0 aliphatic heterocycles. The molecule has 0 aliphatic rings. The van der Waals surface area contributed by atoms with Crippen LogP contribution in [0.1, 0.15) is 24.5 Å². The van der Waals surface area contributed by atoms with Gasteiger partial charge in [-0.05, 0) is 50.2 Å². The number of amides is 1. The molecule has 0 spiro atoms. The van der Waals surface area contributed by atoms with E-state index in [-0.39, 0.29) is 11.3 Å². The van der Waals surface area contributed by atoms with Gasteiger partial charge < -0.3 is 10.1 Å². The second kappa shape index (κ2) is 9.15. The van der Waals surface area contributed by atoms with Gasteiger partial charge in [-0.2, -0.15) is 5.26 Å². The van der Waals surface area contributed by atoms with Gasteiger partial charge in [-0.25, -0.2) is 8.42 Å². The summed E-state index contributed by atoms with van der Waals surface area (Å²) in [7, 11) is -3.61. The zero-order valence-corrected chi connectivity index (χ0v) is 16.3. The van der Waals surface area contributed by atoms with Crippen LogP contribution in [-0.2, 0) is 24.2 Å². The number of rotatable bonds is 7. The lowest BCUT2D eigenvalue weighted by molar-refractivity contribution is -0.152. The molecule has 1 N–H and O–H groups in total. The Bertz CT molecular complexity index is 990. The first-order chi connectivity index (χ1) is 13.2. The third kappa shape index (κ3) is 5.93. The number of hydrogen-bond acceptors (Lipinski definition) is 6. The molecule has 0 radical (unpaired) electrons. The maximum atomic E-state index is 12.3. The molecule has 8 heteroatoms. The monoisotopic (exact) mass is 400 g/mol. The van der Waals surface area contributed by atoms with E-state index in [1.807, 2.05) is 13.0 Å². The first kappa shape index (κ1) is 21.1. The molecule has 0 saturated carbocycles. The number of carbonyl (C=O) groups excluding carboxylic acids is 2. The molecule has 0 saturated heterocycles. The highest BCUT2D eigenvalue weighted by molar-refractivity contribution is 7.91. The number of nitrogens with one attached hydrogen (secondary N) is 1. The molecule has 146 valence electrons. The van der Waals surface area contributed by atoms with Crippen LogP contribution in [0.15, 0.2) is 53.4 Å². The van der Waals surface area contributed by atoms with E-state index in [0.717, 1.165) is 5.56 Å². The van der Waals surface area contributed by atoms with Crippen LogP contribution < -0.4 is 5.32 Å². The first-order valence-corrected chi connectivity index (χ1v) is 10.2. The van der Waals surface area contributed by atoms with Crippen molar-refractivity contribution in [1.82, 2.24) is 0 Å². The highest BCUT2D eigenvalue weighted by Gasteiger charge is 2.21. The van der Waals surface area contributed by atoms with E-state index in [0.29, 0.717) is 11.3 Å². The molecule has 0 fully saturated rings. The SMILES string of the molecule is Cc1ccc(S(=O)(=O)CCC(=O)O[C@H](C)C(=O)Nc2ccc(C#N)cc2)cc1. The summed E-state index contributed by atoms with van der Waals surface area (Å²) in [5.41, 5.74) is 1.83. The van der Waals surface area contributed by atoms with Crippen molar-refractivity contribution < 1.29 is 22.7 Å². The van der Waals surface area contributed by atoms with E-state index in [2.05, 4.69) is 5.32 Å². The Morgan fingerprint density at radius 3 is 2.29 bits per heavy atom. The molecule has 0 aliphatic carbocycles. The molecule has 2 aromatic rings. The predicted octanol–water partition coefficient (Wildman–Crippen LogP) is 2.60. The van der Waals surface area contributed by atoms with Crippen molar-refractivity contribution in [1.29, 1.82) is 5.26 Å². The van der Waals surface area contributed by atoms with E-state index >= 15 is 0 Å². The fourth-order valence-corrected chi connectivity index (χ4v) is 3.48. The number of ether oxygens (including phenoxy) is 1. The van der Waals surface area contributed by atoms with Gasteiger partial charge in [0.05, 0.1) is 28.7 Å². The lowest BCUT2D eigenvalue weighted by Gasteiger charge is -2.13. The quantitative estimate of drug-likeness (QED) is 0.715. The summed E-state index contributed by atoms with van der Waals surface area (Å²) in [5, 5.41) is 11.3. The number of aryl methyl sites for hydroxylation is 1. The zero-order chi connectivity index (χ0) is 20.7. The van der Waals surface area contributed by atoms with Crippen molar-refractivity contribution in [2.45, 2.75) is 31.3 Å². The van der Waals surface area contributed by atoms with Crippen LogP contribution in [-0.4, -0.2) is 32.2 Å². The summed E-state index contributed by atoms with van der Waals surface area (Å²) in [6, 6.07) is 14.5. The normalized spacial score (nSPS) is 11.9. The molecular weight excluding hydrogens is 380 g/mol. The first-order valence-electron chi connectivity index (χ1n) is 8.51. The summed E-state index contributed by atoms with van der Waals surface area (Å²) in [6.45, 7) is 3.24. The van der Waals surface area contributed by atoms with Gasteiger partial charge in [0.1, 0.15) is 0 Å². The third-order valence-corrected chi connectivity index (χ3v) is 5.65. The minimum absolute atomic E-state index is 0.137. The minimum Gasteiger partial charge on any atom is -0.453 e. The molecule has 1 atom stereocenters. The number of nitriles is 1. The topological polar surface area (TPSA) is 113 Å². The number of carbonyl (C=O) groups is 2. The summed E-state index contributed by atoms with van der Waals surface area (Å²) < 4.78 is 29.5. The Morgan fingerprint density at radius 2 is 1.71 bits per heavy atom. The molecule has 28 heavy (non-hydrogen) atoms. The van der Waals surface area contributed by atoms with Gasteiger partial charge >= 0.3 is 5.97 Å². The van der Waals surface area contributed by atoms with Crippen LogP contribution in [0, 0.1) is 18.3 Å². The minimum atomic E-state index is -3.61. The van der Waals surface area contributed by atoms with Gasteiger partial charge in [0.2, 0.25) is 0 Å². The second-order valence-corrected chi connectivity index (χ2v) is 8.30. The number of esters is 1. The molecule has 0 aromatic heterocycles. The average molecular weight is 400 g/mol. The molecule has 2 aromatic carbocycles. The molecule has 2 rings (SSSR count). The van der Waals surface area contributed by atoms with Crippen molar-refractivity contribution in [2.75, 3.05) is 11.1 Å². The Hall–Kier alpha value is -3.18. The Labute approximate surface area is 163 Å². The van der Waals surface area contributed by atoms with Gasteiger partial charge in [-0.15, -0.1) is 0 Å². The number of nitrogens with zero attached hydrogens (tertiary/aromatic N) is 1. The largest absolute Gasteiger partial charge is 0.453 e. The smallest absolute Gasteiger partial charge is 0.307 e. The van der Waals surface area contributed by atoms with Crippen molar-refractivity contribution in [2.24, 2.45) is 0 Å². The van der Waals surface area contributed by atoms with Crippen LogP contribution in [0.5, 0.6) is 0 Å². The molecule has 1 amide bonds. The standard InChI is InChI=1S/C20H20N2O5S/c1-14-3-9-18(10-4-14)28(25,26)12-11-19(23)27-15(2)20(24)22-17-7-5-16(13-21)6-8-17/h3-10,15H,11-12H2,1-2H3,(H,22,24)/t15-/m1/s1. The Morgan fingerprint density at radius 1 is 1.11 bits per heavy atom. The third-order valence-electron chi connectivity index (χ3n) is 3.91.